The molecule has 0 atom stereocenters. The molecule has 0 aromatic heterocycles. The van der Waals surface area contributed by atoms with Crippen molar-refractivity contribution in [2.45, 2.75) is 11.5 Å². The number of para-hydroxylation sites is 2. The van der Waals surface area contributed by atoms with Crippen LogP contribution in [0.1, 0.15) is 0 Å². The Morgan fingerprint density at radius 1 is 0.912 bits per heavy atom. The molecule has 3 rings (SSSR count). The van der Waals surface area contributed by atoms with Gasteiger partial charge in [-0.15, -0.1) is 0 Å². The van der Waals surface area contributed by atoms with Crippen LogP contribution >= 0.6 is 0 Å². The maximum atomic E-state index is 12.8. The first-order chi connectivity index (χ1) is 16.1. The van der Waals surface area contributed by atoms with Crippen LogP contribution < -0.4 is 24.2 Å². The molecule has 0 spiro atoms. The molecule has 34 heavy (non-hydrogen) atoms. The first kappa shape index (κ1) is 24.5. The zero-order chi connectivity index (χ0) is 24.9. The number of alkyl halides is 2. The number of rotatable bonds is 10. The van der Waals surface area contributed by atoms with Gasteiger partial charge in [0.05, 0.1) is 29.7 Å². The van der Waals surface area contributed by atoms with Gasteiger partial charge in [-0.1, -0.05) is 12.1 Å². The lowest BCUT2D eigenvalue weighted by molar-refractivity contribution is -0.384. The van der Waals surface area contributed by atoms with Crippen LogP contribution in [0.15, 0.2) is 65.6 Å². The van der Waals surface area contributed by atoms with E-state index in [1.807, 2.05) is 0 Å². The van der Waals surface area contributed by atoms with Crippen molar-refractivity contribution in [2.75, 3.05) is 24.3 Å². The van der Waals surface area contributed by atoms with Gasteiger partial charge in [-0.3, -0.25) is 14.8 Å². The smallest absolute Gasteiger partial charge is 0.387 e. The van der Waals surface area contributed by atoms with E-state index in [0.29, 0.717) is 17.2 Å². The van der Waals surface area contributed by atoms with E-state index in [9.17, 15) is 27.3 Å². The molecule has 0 aliphatic rings. The van der Waals surface area contributed by atoms with Gasteiger partial charge in [0.2, 0.25) is 0 Å². The second-order valence-corrected chi connectivity index (χ2v) is 8.29. The second kappa shape index (κ2) is 10.2. The van der Waals surface area contributed by atoms with Crippen LogP contribution in [0.4, 0.5) is 31.5 Å². The van der Waals surface area contributed by atoms with Crippen molar-refractivity contribution in [1.82, 2.24) is 0 Å². The summed E-state index contributed by atoms with van der Waals surface area (Å²) in [6.07, 6.45) is 0. The summed E-state index contributed by atoms with van der Waals surface area (Å²) in [6.45, 7) is -3.17. The summed E-state index contributed by atoms with van der Waals surface area (Å²) in [4.78, 5) is 10.4. The molecule has 0 fully saturated rings. The van der Waals surface area contributed by atoms with Crippen LogP contribution in [0.25, 0.3) is 0 Å². The van der Waals surface area contributed by atoms with E-state index in [-0.39, 0.29) is 11.4 Å². The van der Waals surface area contributed by atoms with Crippen LogP contribution in [0.2, 0.25) is 0 Å². The second-order valence-electron chi connectivity index (χ2n) is 6.61. The predicted molar refractivity (Wildman–Crippen MR) is 120 cm³/mol. The predicted octanol–water partition coefficient (Wildman–Crippen LogP) is 4.76. The molecule has 0 aliphatic carbocycles. The minimum absolute atomic E-state index is 0.0117. The average Bonchev–Trinajstić information content (AvgIpc) is 2.79. The minimum atomic E-state index is -4.38. The molecule has 0 bridgehead atoms. The highest BCUT2D eigenvalue weighted by molar-refractivity contribution is 7.92. The third-order valence-corrected chi connectivity index (χ3v) is 5.85. The Labute approximate surface area is 193 Å². The maximum Gasteiger partial charge on any atom is 0.387 e. The van der Waals surface area contributed by atoms with Gasteiger partial charge in [-0.05, 0) is 36.4 Å². The van der Waals surface area contributed by atoms with E-state index in [1.54, 1.807) is 18.2 Å². The van der Waals surface area contributed by atoms with Gasteiger partial charge in [-0.2, -0.15) is 8.78 Å². The third-order valence-electron chi connectivity index (χ3n) is 4.49. The van der Waals surface area contributed by atoms with Crippen LogP contribution in [-0.2, 0) is 10.0 Å². The molecule has 0 saturated carbocycles. The number of nitro groups is 1. The van der Waals surface area contributed by atoms with Gasteiger partial charge in [0.25, 0.3) is 15.7 Å². The molecule has 10 nitrogen and oxygen atoms in total. The molecule has 0 amide bonds. The average molecular weight is 495 g/mol. The number of halogens is 2. The fraction of sp³-hybridized carbons (Fsp3) is 0.143. The Hall–Kier alpha value is -4.13. The molecule has 0 unspecified atom stereocenters. The van der Waals surface area contributed by atoms with E-state index < -0.39 is 37.9 Å². The maximum absolute atomic E-state index is 12.8. The van der Waals surface area contributed by atoms with Gasteiger partial charge < -0.3 is 19.5 Å². The normalized spacial score (nSPS) is 11.1. The van der Waals surface area contributed by atoms with Gasteiger partial charge >= 0.3 is 6.61 Å². The lowest BCUT2D eigenvalue weighted by atomic mass is 10.2. The van der Waals surface area contributed by atoms with Gasteiger partial charge in [0, 0.05) is 17.8 Å². The number of hydrogen-bond donors (Lipinski definition) is 2. The highest BCUT2D eigenvalue weighted by Gasteiger charge is 2.23. The lowest BCUT2D eigenvalue weighted by Gasteiger charge is -2.14. The molecular weight excluding hydrogens is 476 g/mol. The Balaban J connectivity index is 1.93. The molecule has 13 heteroatoms. The van der Waals surface area contributed by atoms with Crippen molar-refractivity contribution in [3.05, 3.63) is 70.8 Å². The van der Waals surface area contributed by atoms with Crippen molar-refractivity contribution in [3.8, 4) is 17.2 Å². The standard InChI is InChI=1S/C21H19F2N3O7S/c1-31-19-10-7-13(11-20(19)32-2)24-15-9-8-14(12-17(15)26(27)28)34(29,30)25-16-5-3-4-6-18(16)33-21(22)23/h3-12,21,24-25H,1-2H3. The highest BCUT2D eigenvalue weighted by atomic mass is 32.2. The van der Waals surface area contributed by atoms with Crippen molar-refractivity contribution < 1.29 is 36.3 Å². The molecule has 180 valence electrons. The van der Waals surface area contributed by atoms with Crippen LogP contribution in [0.5, 0.6) is 17.2 Å². The number of nitrogens with zero attached hydrogens (tertiary/aromatic N) is 1. The number of ether oxygens (including phenoxy) is 3. The minimum Gasteiger partial charge on any atom is -0.493 e. The molecule has 3 aromatic rings. The molecule has 0 radical (unpaired) electrons. The largest absolute Gasteiger partial charge is 0.493 e. The summed E-state index contributed by atoms with van der Waals surface area (Å²) >= 11 is 0. The van der Waals surface area contributed by atoms with Gasteiger partial charge in [0.1, 0.15) is 11.4 Å². The number of methoxy groups -OCH3 is 2. The third kappa shape index (κ3) is 5.61. The lowest BCUT2D eigenvalue weighted by Crippen LogP contribution is -2.15. The van der Waals surface area contributed by atoms with E-state index in [2.05, 4.69) is 14.8 Å². The molecule has 3 aromatic carbocycles. The Morgan fingerprint density at radius 3 is 2.26 bits per heavy atom. The molecule has 0 heterocycles. The highest BCUT2D eigenvalue weighted by Crippen LogP contribution is 2.35. The number of sulfonamides is 1. The van der Waals surface area contributed by atoms with Crippen molar-refractivity contribution in [1.29, 1.82) is 0 Å². The molecule has 2 N–H and O–H groups in total. The topological polar surface area (TPSA) is 129 Å². The molecule has 0 saturated heterocycles. The van der Waals surface area contributed by atoms with Gasteiger partial charge in [-0.25, -0.2) is 8.42 Å². The Kier molecular flexibility index (Phi) is 7.36. The Bertz CT molecular complexity index is 1300. The summed E-state index contributed by atoms with van der Waals surface area (Å²) in [5, 5.41) is 14.5. The number of benzene rings is 3. The number of anilines is 3. The summed E-state index contributed by atoms with van der Waals surface area (Å²) in [5.74, 6) is 0.428. The van der Waals surface area contributed by atoms with Crippen molar-refractivity contribution in [3.63, 3.8) is 0 Å². The van der Waals surface area contributed by atoms with E-state index in [1.165, 1.54) is 38.5 Å². The Morgan fingerprint density at radius 2 is 1.62 bits per heavy atom. The summed E-state index contributed by atoms with van der Waals surface area (Å²) < 4.78 is 67.6. The first-order valence-corrected chi connectivity index (χ1v) is 11.0. The molecule has 0 aliphatic heterocycles. The van der Waals surface area contributed by atoms with Crippen LogP contribution in [0, 0.1) is 10.1 Å². The zero-order valence-corrected chi connectivity index (χ0v) is 18.6. The monoisotopic (exact) mass is 495 g/mol. The number of nitrogens with one attached hydrogen (secondary N) is 2. The van der Waals surface area contributed by atoms with Crippen molar-refractivity contribution in [2.24, 2.45) is 0 Å². The van der Waals surface area contributed by atoms with Crippen LogP contribution in [-0.4, -0.2) is 34.2 Å². The molecular formula is C21H19F2N3O7S. The number of hydrogen-bond acceptors (Lipinski definition) is 8. The van der Waals surface area contributed by atoms with E-state index in [0.717, 1.165) is 18.2 Å². The SMILES string of the molecule is COc1ccc(Nc2ccc(S(=O)(=O)Nc3ccccc3OC(F)F)cc2[N+](=O)[O-])cc1OC. The van der Waals surface area contributed by atoms with Crippen molar-refractivity contribution >= 4 is 32.8 Å². The number of nitro benzene ring substituents is 1. The van der Waals surface area contributed by atoms with Crippen LogP contribution in [0.3, 0.4) is 0 Å². The van der Waals surface area contributed by atoms with E-state index in [4.69, 9.17) is 9.47 Å². The fourth-order valence-electron chi connectivity index (χ4n) is 2.96. The first-order valence-electron chi connectivity index (χ1n) is 9.48. The fourth-order valence-corrected chi connectivity index (χ4v) is 4.05. The quantitative estimate of drug-likeness (QED) is 0.304. The van der Waals surface area contributed by atoms with E-state index >= 15 is 0 Å². The van der Waals surface area contributed by atoms with Gasteiger partial charge in [0.15, 0.2) is 11.5 Å². The zero-order valence-electron chi connectivity index (χ0n) is 17.8. The summed E-state index contributed by atoms with van der Waals surface area (Å²) in [5.41, 5.74) is -0.349. The summed E-state index contributed by atoms with van der Waals surface area (Å²) in [7, 11) is -1.49. The summed E-state index contributed by atoms with van der Waals surface area (Å²) in [6, 6.07) is 13.1.